The quantitative estimate of drug-likeness (QED) is 0.886. The van der Waals surface area contributed by atoms with Gasteiger partial charge >= 0.3 is 0 Å². The van der Waals surface area contributed by atoms with Crippen LogP contribution in [0.4, 0.5) is 0 Å². The lowest BCUT2D eigenvalue weighted by Gasteiger charge is -2.29. The Labute approximate surface area is 116 Å². The topological polar surface area (TPSA) is 38.5 Å². The van der Waals surface area contributed by atoms with Gasteiger partial charge in [0.1, 0.15) is 0 Å². The van der Waals surface area contributed by atoms with Gasteiger partial charge in [-0.1, -0.05) is 29.8 Å². The maximum atomic E-state index is 6.27. The van der Waals surface area contributed by atoms with Crippen LogP contribution in [-0.4, -0.2) is 37.7 Å². The van der Waals surface area contributed by atoms with Gasteiger partial charge in [0.2, 0.25) is 0 Å². The predicted molar refractivity (Wildman–Crippen MR) is 79.2 cm³/mol. The van der Waals surface area contributed by atoms with Gasteiger partial charge in [-0.2, -0.15) is 0 Å². The van der Waals surface area contributed by atoms with Gasteiger partial charge in [-0.05, 0) is 38.8 Å². The number of hydrogen-bond acceptors (Lipinski definition) is 3. The van der Waals surface area contributed by atoms with Crippen LogP contribution in [0.25, 0.3) is 0 Å². The molecule has 2 rings (SSSR count). The first kappa shape index (κ1) is 14.5. The van der Waals surface area contributed by atoms with Crippen molar-refractivity contribution >= 4 is 0 Å². The minimum absolute atomic E-state index is 0.0780. The molecule has 2 atom stereocenters. The molecular formula is C16H26N2O. The third-order valence-corrected chi connectivity index (χ3v) is 3.80. The number of ether oxygens (including phenoxy) is 1. The minimum Gasteiger partial charge on any atom is -0.377 e. The summed E-state index contributed by atoms with van der Waals surface area (Å²) in [4.78, 5) is 2.29. The molecule has 0 amide bonds. The van der Waals surface area contributed by atoms with Crippen LogP contribution in [-0.2, 0) is 4.74 Å². The largest absolute Gasteiger partial charge is 0.377 e. The second-order valence-corrected chi connectivity index (χ2v) is 5.73. The van der Waals surface area contributed by atoms with Crippen molar-refractivity contribution in [3.8, 4) is 0 Å². The molecule has 3 nitrogen and oxygen atoms in total. The van der Waals surface area contributed by atoms with Gasteiger partial charge in [0, 0.05) is 25.7 Å². The normalized spacial score (nSPS) is 21.6. The zero-order valence-electron chi connectivity index (χ0n) is 12.1. The predicted octanol–water partition coefficient (Wildman–Crippen LogP) is 2.50. The summed E-state index contributed by atoms with van der Waals surface area (Å²) in [5, 5.41) is 0. The van der Waals surface area contributed by atoms with E-state index in [2.05, 4.69) is 43.1 Å². The van der Waals surface area contributed by atoms with E-state index < -0.39 is 0 Å². The fraction of sp³-hybridized carbons (Fsp3) is 0.625. The van der Waals surface area contributed by atoms with E-state index in [0.717, 1.165) is 19.7 Å². The number of rotatable bonds is 5. The number of aryl methyl sites for hydroxylation is 1. The molecule has 2 unspecified atom stereocenters. The van der Waals surface area contributed by atoms with E-state index in [1.807, 2.05) is 0 Å². The molecule has 19 heavy (non-hydrogen) atoms. The van der Waals surface area contributed by atoms with E-state index in [0.29, 0.717) is 6.10 Å². The maximum Gasteiger partial charge on any atom is 0.0701 e. The van der Waals surface area contributed by atoms with E-state index in [-0.39, 0.29) is 6.04 Å². The first-order valence-corrected chi connectivity index (χ1v) is 7.27. The Morgan fingerprint density at radius 2 is 2.05 bits per heavy atom. The molecule has 0 bridgehead atoms. The summed E-state index contributed by atoms with van der Waals surface area (Å²) in [6.07, 6.45) is 4.08. The Hall–Kier alpha value is -0.900. The van der Waals surface area contributed by atoms with Crippen LogP contribution < -0.4 is 5.73 Å². The molecule has 1 saturated heterocycles. The minimum atomic E-state index is 0.0780. The third-order valence-electron chi connectivity index (χ3n) is 3.80. The molecule has 0 saturated carbocycles. The molecule has 1 fully saturated rings. The van der Waals surface area contributed by atoms with Gasteiger partial charge in [0.05, 0.1) is 6.10 Å². The summed E-state index contributed by atoms with van der Waals surface area (Å²) < 4.78 is 5.77. The van der Waals surface area contributed by atoms with Crippen molar-refractivity contribution in [1.29, 1.82) is 0 Å². The lowest BCUT2D eigenvalue weighted by Crippen LogP contribution is -2.37. The van der Waals surface area contributed by atoms with Crippen LogP contribution in [0.15, 0.2) is 24.3 Å². The van der Waals surface area contributed by atoms with Gasteiger partial charge < -0.3 is 15.4 Å². The van der Waals surface area contributed by atoms with Gasteiger partial charge in [-0.15, -0.1) is 0 Å². The first-order valence-electron chi connectivity index (χ1n) is 7.27. The Morgan fingerprint density at radius 1 is 1.32 bits per heavy atom. The number of nitrogens with zero attached hydrogens (tertiary/aromatic N) is 1. The highest BCUT2D eigenvalue weighted by Gasteiger charge is 2.17. The van der Waals surface area contributed by atoms with Crippen LogP contribution >= 0.6 is 0 Å². The third kappa shape index (κ3) is 4.60. The van der Waals surface area contributed by atoms with Crippen molar-refractivity contribution in [3.05, 3.63) is 35.4 Å². The van der Waals surface area contributed by atoms with Crippen molar-refractivity contribution in [1.82, 2.24) is 4.90 Å². The molecule has 0 spiro atoms. The van der Waals surface area contributed by atoms with Gasteiger partial charge in [-0.25, -0.2) is 0 Å². The molecule has 1 aromatic rings. The van der Waals surface area contributed by atoms with Crippen molar-refractivity contribution in [2.75, 3.05) is 26.7 Å². The average Bonchev–Trinajstić information content (AvgIpc) is 2.40. The van der Waals surface area contributed by atoms with E-state index in [1.165, 1.54) is 30.4 Å². The van der Waals surface area contributed by atoms with E-state index in [1.54, 1.807) is 0 Å². The molecule has 0 aromatic heterocycles. The monoisotopic (exact) mass is 262 g/mol. The lowest BCUT2D eigenvalue weighted by atomic mass is 10.0. The fourth-order valence-corrected chi connectivity index (χ4v) is 2.63. The SMILES string of the molecule is Cc1ccc(C(N)CN(C)CC2CCCCO2)cc1. The first-order chi connectivity index (χ1) is 9.15. The Kier molecular flexibility index (Phi) is 5.37. The van der Waals surface area contributed by atoms with Crippen molar-refractivity contribution in [3.63, 3.8) is 0 Å². The molecule has 106 valence electrons. The summed E-state index contributed by atoms with van der Waals surface area (Å²) in [6.45, 7) is 4.88. The fourth-order valence-electron chi connectivity index (χ4n) is 2.63. The van der Waals surface area contributed by atoms with E-state index in [9.17, 15) is 0 Å². The highest BCUT2D eigenvalue weighted by Crippen LogP contribution is 2.16. The molecular weight excluding hydrogens is 236 g/mol. The van der Waals surface area contributed by atoms with Crippen molar-refractivity contribution in [2.24, 2.45) is 5.73 Å². The van der Waals surface area contributed by atoms with Gasteiger partial charge in [0.15, 0.2) is 0 Å². The molecule has 1 aliphatic rings. The van der Waals surface area contributed by atoms with Crippen LogP contribution in [0.3, 0.4) is 0 Å². The Morgan fingerprint density at radius 3 is 2.68 bits per heavy atom. The number of hydrogen-bond donors (Lipinski definition) is 1. The van der Waals surface area contributed by atoms with Crippen molar-refractivity contribution in [2.45, 2.75) is 38.3 Å². The summed E-state index contributed by atoms with van der Waals surface area (Å²) in [7, 11) is 2.13. The Bertz CT molecular complexity index is 371. The average molecular weight is 262 g/mol. The zero-order chi connectivity index (χ0) is 13.7. The number of likely N-dealkylation sites (N-methyl/N-ethyl adjacent to an activating group) is 1. The maximum absolute atomic E-state index is 6.27. The summed E-state index contributed by atoms with van der Waals surface area (Å²) >= 11 is 0. The van der Waals surface area contributed by atoms with E-state index >= 15 is 0 Å². The van der Waals surface area contributed by atoms with Crippen LogP contribution in [0.1, 0.15) is 36.4 Å². The summed E-state index contributed by atoms with van der Waals surface area (Å²) in [5.74, 6) is 0. The highest BCUT2D eigenvalue weighted by atomic mass is 16.5. The second kappa shape index (κ2) is 7.04. The van der Waals surface area contributed by atoms with E-state index in [4.69, 9.17) is 10.5 Å². The zero-order valence-corrected chi connectivity index (χ0v) is 12.1. The summed E-state index contributed by atoms with van der Waals surface area (Å²) in [5.41, 5.74) is 8.76. The number of nitrogens with two attached hydrogens (primary N) is 1. The van der Waals surface area contributed by atoms with Crippen LogP contribution in [0.5, 0.6) is 0 Å². The lowest BCUT2D eigenvalue weighted by molar-refractivity contribution is -0.00214. The van der Waals surface area contributed by atoms with Gasteiger partial charge in [-0.3, -0.25) is 0 Å². The molecule has 0 radical (unpaired) electrons. The van der Waals surface area contributed by atoms with Crippen LogP contribution in [0.2, 0.25) is 0 Å². The van der Waals surface area contributed by atoms with Crippen molar-refractivity contribution < 1.29 is 4.74 Å². The Balaban J connectivity index is 1.80. The molecule has 1 aliphatic heterocycles. The highest BCUT2D eigenvalue weighted by molar-refractivity contribution is 5.24. The molecule has 0 aliphatic carbocycles. The molecule has 2 N–H and O–H groups in total. The number of benzene rings is 1. The summed E-state index contributed by atoms with van der Waals surface area (Å²) in [6, 6.07) is 8.59. The standard InChI is InChI=1S/C16H26N2O/c1-13-6-8-14(9-7-13)16(17)12-18(2)11-15-5-3-4-10-19-15/h6-9,15-16H,3-5,10-12,17H2,1-2H3. The molecule has 3 heteroatoms. The molecule has 1 aromatic carbocycles. The second-order valence-electron chi connectivity index (χ2n) is 5.73. The molecule has 1 heterocycles. The smallest absolute Gasteiger partial charge is 0.0701 e. The van der Waals surface area contributed by atoms with Crippen LogP contribution in [0, 0.1) is 6.92 Å². The van der Waals surface area contributed by atoms with Gasteiger partial charge in [0.25, 0.3) is 0 Å².